The van der Waals surface area contributed by atoms with Crippen LogP contribution in [-0.2, 0) is 14.8 Å². The molecule has 0 bridgehead atoms. The Morgan fingerprint density at radius 3 is 2.27 bits per heavy atom. The van der Waals surface area contributed by atoms with Gasteiger partial charge in [0, 0.05) is 4.47 Å². The molecule has 0 spiro atoms. The number of rotatable bonds is 9. The average molecular weight is 530 g/mol. The Hall–Kier alpha value is -3.17. The highest BCUT2D eigenvalue weighted by Crippen LogP contribution is 2.26. The molecule has 0 atom stereocenters. The van der Waals surface area contributed by atoms with Gasteiger partial charge in [-0.3, -0.25) is 9.10 Å². The largest absolute Gasteiger partial charge is 0.494 e. The Kier molecular flexibility index (Phi) is 8.24. The van der Waals surface area contributed by atoms with Crippen LogP contribution in [0.4, 0.5) is 5.69 Å². The van der Waals surface area contributed by atoms with Gasteiger partial charge in [-0.15, -0.1) is 0 Å². The lowest BCUT2D eigenvalue weighted by Gasteiger charge is -2.24. The molecule has 33 heavy (non-hydrogen) atoms. The second kappa shape index (κ2) is 11.1. The third-order valence-electron chi connectivity index (χ3n) is 4.60. The number of benzene rings is 3. The lowest BCUT2D eigenvalue weighted by Crippen LogP contribution is -2.39. The Morgan fingerprint density at radius 1 is 1.03 bits per heavy atom. The summed E-state index contributed by atoms with van der Waals surface area (Å²) in [6, 6.07) is 20.4. The Balaban J connectivity index is 1.83. The number of carbonyl (C=O) groups is 1. The van der Waals surface area contributed by atoms with Gasteiger partial charge in [-0.1, -0.05) is 45.8 Å². The summed E-state index contributed by atoms with van der Waals surface area (Å²) in [5.74, 6) is 0.0328. The number of carbonyl (C=O) groups excluding carboxylic acids is 1. The molecule has 0 fully saturated rings. The van der Waals surface area contributed by atoms with Gasteiger partial charge in [0.1, 0.15) is 12.3 Å². The normalized spacial score (nSPS) is 11.4. The first-order valence-corrected chi connectivity index (χ1v) is 12.4. The minimum Gasteiger partial charge on any atom is -0.494 e. The molecule has 0 aliphatic carbocycles. The molecule has 7 nitrogen and oxygen atoms in total. The molecular formula is C24H24BrN3O4S. The highest BCUT2D eigenvalue weighted by atomic mass is 79.9. The first kappa shape index (κ1) is 24.5. The predicted octanol–water partition coefficient (Wildman–Crippen LogP) is 4.50. The summed E-state index contributed by atoms with van der Waals surface area (Å²) in [4.78, 5) is 12.7. The highest BCUT2D eigenvalue weighted by molar-refractivity contribution is 9.10. The van der Waals surface area contributed by atoms with Crippen molar-refractivity contribution >= 4 is 43.8 Å². The number of hydrazone groups is 1. The third-order valence-corrected chi connectivity index (χ3v) is 6.92. The van der Waals surface area contributed by atoms with Gasteiger partial charge in [-0.05, 0) is 67.9 Å². The molecule has 0 saturated heterocycles. The minimum absolute atomic E-state index is 0.0909. The van der Waals surface area contributed by atoms with Gasteiger partial charge in [-0.2, -0.15) is 5.10 Å². The van der Waals surface area contributed by atoms with E-state index in [1.165, 1.54) is 18.3 Å². The second-order valence-corrected chi connectivity index (χ2v) is 9.87. The smallest absolute Gasteiger partial charge is 0.264 e. The molecule has 0 unspecified atom stereocenters. The van der Waals surface area contributed by atoms with E-state index in [1.54, 1.807) is 36.4 Å². The molecule has 3 aromatic carbocycles. The number of hydrogen-bond donors (Lipinski definition) is 1. The molecule has 0 aromatic heterocycles. The molecule has 0 radical (unpaired) electrons. The molecule has 0 aliphatic heterocycles. The van der Waals surface area contributed by atoms with E-state index in [1.807, 2.05) is 38.1 Å². The van der Waals surface area contributed by atoms with Crippen LogP contribution in [0.25, 0.3) is 0 Å². The average Bonchev–Trinajstić information content (AvgIpc) is 2.80. The van der Waals surface area contributed by atoms with Crippen molar-refractivity contribution in [3.8, 4) is 5.75 Å². The monoisotopic (exact) mass is 529 g/mol. The highest BCUT2D eigenvalue weighted by Gasteiger charge is 2.27. The number of anilines is 1. The van der Waals surface area contributed by atoms with Crippen LogP contribution in [0.15, 0.2) is 87.3 Å². The van der Waals surface area contributed by atoms with Crippen molar-refractivity contribution in [3.63, 3.8) is 0 Å². The minimum atomic E-state index is -4.00. The predicted molar refractivity (Wildman–Crippen MR) is 133 cm³/mol. The molecule has 3 aromatic rings. The quantitative estimate of drug-likeness (QED) is 0.326. The molecule has 0 aliphatic rings. The fourth-order valence-corrected chi connectivity index (χ4v) is 4.61. The zero-order valence-electron chi connectivity index (χ0n) is 18.2. The number of nitrogens with one attached hydrogen (secondary N) is 1. The van der Waals surface area contributed by atoms with Crippen molar-refractivity contribution in [3.05, 3.63) is 88.4 Å². The third kappa shape index (κ3) is 6.66. The van der Waals surface area contributed by atoms with Gasteiger partial charge in [0.25, 0.3) is 15.9 Å². The topological polar surface area (TPSA) is 88.1 Å². The van der Waals surface area contributed by atoms with Gasteiger partial charge in [0.05, 0.1) is 23.4 Å². The van der Waals surface area contributed by atoms with E-state index >= 15 is 0 Å². The molecular weight excluding hydrogens is 506 g/mol. The van der Waals surface area contributed by atoms with Crippen LogP contribution in [0.3, 0.4) is 0 Å². The van der Waals surface area contributed by atoms with Crippen molar-refractivity contribution in [2.75, 3.05) is 17.5 Å². The van der Waals surface area contributed by atoms with Crippen molar-refractivity contribution in [2.45, 2.75) is 18.7 Å². The van der Waals surface area contributed by atoms with Crippen molar-refractivity contribution in [1.29, 1.82) is 0 Å². The summed E-state index contributed by atoms with van der Waals surface area (Å²) in [6.45, 7) is 3.78. The number of ether oxygens (including phenoxy) is 1. The first-order chi connectivity index (χ1) is 15.8. The molecule has 1 amide bonds. The van der Waals surface area contributed by atoms with E-state index in [0.29, 0.717) is 18.0 Å². The fourth-order valence-electron chi connectivity index (χ4n) is 2.92. The second-order valence-electron chi connectivity index (χ2n) is 7.10. The lowest BCUT2D eigenvalue weighted by molar-refractivity contribution is -0.119. The molecule has 3 rings (SSSR count). The van der Waals surface area contributed by atoms with Crippen LogP contribution >= 0.6 is 15.9 Å². The molecule has 1 N–H and O–H groups in total. The number of sulfonamides is 1. The summed E-state index contributed by atoms with van der Waals surface area (Å²) in [5.41, 5.74) is 4.46. The number of halogens is 1. The van der Waals surface area contributed by atoms with E-state index in [2.05, 4.69) is 26.5 Å². The van der Waals surface area contributed by atoms with Gasteiger partial charge < -0.3 is 4.74 Å². The van der Waals surface area contributed by atoms with E-state index < -0.39 is 22.5 Å². The standard InChI is InChI=1S/C24H24BrN3O4S/c1-3-32-22-12-10-21(11-13-22)28(33(30,31)23-14-4-18(2)5-15-23)17-24(29)27-26-16-19-6-8-20(25)9-7-19/h4-16H,3,17H2,1-2H3,(H,27,29)/b26-16-. The Morgan fingerprint density at radius 2 is 1.67 bits per heavy atom. The van der Waals surface area contributed by atoms with Gasteiger partial charge in [0.2, 0.25) is 0 Å². The molecule has 172 valence electrons. The van der Waals surface area contributed by atoms with Gasteiger partial charge in [-0.25, -0.2) is 13.8 Å². The maximum Gasteiger partial charge on any atom is 0.264 e. The van der Waals surface area contributed by atoms with Gasteiger partial charge in [0.15, 0.2) is 0 Å². The number of amides is 1. The lowest BCUT2D eigenvalue weighted by atomic mass is 10.2. The van der Waals surface area contributed by atoms with E-state index in [4.69, 9.17) is 4.74 Å². The summed E-state index contributed by atoms with van der Waals surface area (Å²) in [6.07, 6.45) is 1.49. The number of hydrogen-bond acceptors (Lipinski definition) is 5. The number of nitrogens with zero attached hydrogens (tertiary/aromatic N) is 2. The van der Waals surface area contributed by atoms with E-state index in [9.17, 15) is 13.2 Å². The molecule has 9 heteroatoms. The van der Waals surface area contributed by atoms with E-state index in [-0.39, 0.29) is 4.90 Å². The number of aryl methyl sites for hydroxylation is 1. The maximum absolute atomic E-state index is 13.4. The van der Waals surface area contributed by atoms with Crippen molar-refractivity contribution < 1.29 is 17.9 Å². The van der Waals surface area contributed by atoms with Crippen LogP contribution in [0.2, 0.25) is 0 Å². The molecule has 0 saturated carbocycles. The zero-order valence-corrected chi connectivity index (χ0v) is 20.6. The Labute approximate surface area is 202 Å². The zero-order chi connectivity index (χ0) is 23.8. The van der Waals surface area contributed by atoms with E-state index in [0.717, 1.165) is 19.9 Å². The van der Waals surface area contributed by atoms with Gasteiger partial charge >= 0.3 is 0 Å². The van der Waals surface area contributed by atoms with Crippen LogP contribution in [0.1, 0.15) is 18.1 Å². The van der Waals surface area contributed by atoms with Crippen LogP contribution in [-0.4, -0.2) is 33.7 Å². The van der Waals surface area contributed by atoms with Crippen LogP contribution in [0.5, 0.6) is 5.75 Å². The summed E-state index contributed by atoms with van der Waals surface area (Å²) < 4.78 is 34.2. The maximum atomic E-state index is 13.4. The Bertz CT molecular complexity index is 1210. The van der Waals surface area contributed by atoms with Crippen molar-refractivity contribution in [2.24, 2.45) is 5.10 Å². The fraction of sp³-hybridized carbons (Fsp3) is 0.167. The first-order valence-electron chi connectivity index (χ1n) is 10.2. The SMILES string of the molecule is CCOc1ccc(N(CC(=O)N/N=C\c2ccc(Br)cc2)S(=O)(=O)c2ccc(C)cc2)cc1. The van der Waals surface area contributed by atoms with Crippen LogP contribution < -0.4 is 14.5 Å². The summed E-state index contributed by atoms with van der Waals surface area (Å²) in [5, 5.41) is 3.94. The van der Waals surface area contributed by atoms with Crippen molar-refractivity contribution in [1.82, 2.24) is 5.43 Å². The van der Waals surface area contributed by atoms with Crippen LogP contribution in [0, 0.1) is 6.92 Å². The summed E-state index contributed by atoms with van der Waals surface area (Å²) >= 11 is 3.36. The molecule has 0 heterocycles. The summed E-state index contributed by atoms with van der Waals surface area (Å²) in [7, 11) is -4.00.